The Kier molecular flexibility index (Phi) is 5.43. The second-order valence-corrected chi connectivity index (χ2v) is 9.00. The van der Waals surface area contributed by atoms with E-state index in [9.17, 15) is 5.11 Å². The van der Waals surface area contributed by atoms with Crippen molar-refractivity contribution in [2.24, 2.45) is 0 Å². The van der Waals surface area contributed by atoms with Crippen molar-refractivity contribution in [3.8, 4) is 39.8 Å². The zero-order chi connectivity index (χ0) is 23.1. The highest BCUT2D eigenvalue weighted by Crippen LogP contribution is 2.39. The maximum atomic E-state index is 10.8. The van der Waals surface area contributed by atoms with Crippen molar-refractivity contribution >= 4 is 5.82 Å². The summed E-state index contributed by atoms with van der Waals surface area (Å²) in [6.45, 7) is 2.91. The van der Waals surface area contributed by atoms with Gasteiger partial charge in [0.25, 0.3) is 0 Å². The van der Waals surface area contributed by atoms with Gasteiger partial charge in [0.15, 0.2) is 11.6 Å². The number of phenols is 1. The number of aromatic nitrogens is 3. The second kappa shape index (κ2) is 8.73. The maximum Gasteiger partial charge on any atom is 0.213 e. The first-order chi connectivity index (χ1) is 16.7. The molecule has 2 saturated heterocycles. The van der Waals surface area contributed by atoms with E-state index in [4.69, 9.17) is 14.2 Å². The van der Waals surface area contributed by atoms with Gasteiger partial charge in [-0.25, -0.2) is 4.98 Å². The lowest BCUT2D eigenvalue weighted by atomic mass is 9.91. The molecule has 2 bridgehead atoms. The van der Waals surface area contributed by atoms with Gasteiger partial charge < -0.3 is 29.5 Å². The SMILES string of the molecule is COc1cc(-c2ccc(-c3cc4c(nn3)N(C3C[C@H]5COC[C@@H](C3)N5)CCO4)c(O)c2)ccn1. The van der Waals surface area contributed by atoms with Crippen molar-refractivity contribution in [1.82, 2.24) is 20.5 Å². The van der Waals surface area contributed by atoms with Crippen LogP contribution in [0.1, 0.15) is 12.8 Å². The molecule has 5 heterocycles. The Bertz CT molecular complexity index is 1190. The number of anilines is 1. The van der Waals surface area contributed by atoms with Gasteiger partial charge in [-0.1, -0.05) is 6.07 Å². The summed E-state index contributed by atoms with van der Waals surface area (Å²) in [5.41, 5.74) is 2.94. The van der Waals surface area contributed by atoms with Gasteiger partial charge in [-0.15, -0.1) is 10.2 Å². The summed E-state index contributed by atoms with van der Waals surface area (Å²) >= 11 is 0. The molecule has 3 aliphatic heterocycles. The summed E-state index contributed by atoms with van der Waals surface area (Å²) in [4.78, 5) is 6.47. The number of pyridine rings is 1. The van der Waals surface area contributed by atoms with E-state index in [2.05, 4.69) is 25.4 Å². The van der Waals surface area contributed by atoms with E-state index in [1.54, 1.807) is 19.4 Å². The summed E-state index contributed by atoms with van der Waals surface area (Å²) in [5, 5.41) is 23.5. The lowest BCUT2D eigenvalue weighted by molar-refractivity contribution is 0.0173. The highest BCUT2D eigenvalue weighted by atomic mass is 16.5. The Morgan fingerprint density at radius 3 is 2.68 bits per heavy atom. The topological polar surface area (TPSA) is 102 Å². The van der Waals surface area contributed by atoms with Gasteiger partial charge in [0.1, 0.15) is 18.1 Å². The van der Waals surface area contributed by atoms with Gasteiger partial charge >= 0.3 is 0 Å². The first-order valence-electron chi connectivity index (χ1n) is 11.6. The number of hydrogen-bond acceptors (Lipinski definition) is 9. The largest absolute Gasteiger partial charge is 0.507 e. The molecule has 0 saturated carbocycles. The summed E-state index contributed by atoms with van der Waals surface area (Å²) in [5.74, 6) is 2.13. The molecule has 0 amide bonds. The molecule has 0 aliphatic carbocycles. The van der Waals surface area contributed by atoms with E-state index < -0.39 is 0 Å². The Balaban J connectivity index is 1.27. The van der Waals surface area contributed by atoms with Crippen LogP contribution in [0.5, 0.6) is 17.4 Å². The molecule has 1 unspecified atom stereocenters. The van der Waals surface area contributed by atoms with E-state index in [0.29, 0.717) is 47.6 Å². The van der Waals surface area contributed by atoms with Crippen LogP contribution in [0, 0.1) is 0 Å². The van der Waals surface area contributed by atoms with Crippen LogP contribution in [-0.4, -0.2) is 71.9 Å². The van der Waals surface area contributed by atoms with E-state index in [0.717, 1.165) is 49.5 Å². The van der Waals surface area contributed by atoms with E-state index in [1.165, 1.54) is 0 Å². The van der Waals surface area contributed by atoms with Gasteiger partial charge in [-0.3, -0.25) is 0 Å². The second-order valence-electron chi connectivity index (χ2n) is 9.00. The van der Waals surface area contributed by atoms with Crippen molar-refractivity contribution in [2.45, 2.75) is 31.0 Å². The van der Waals surface area contributed by atoms with Gasteiger partial charge in [0, 0.05) is 42.0 Å². The quantitative estimate of drug-likeness (QED) is 0.607. The van der Waals surface area contributed by atoms with Gasteiger partial charge in [0.05, 0.1) is 26.9 Å². The Hall–Kier alpha value is -3.43. The van der Waals surface area contributed by atoms with Crippen molar-refractivity contribution in [3.05, 3.63) is 42.6 Å². The van der Waals surface area contributed by atoms with Crippen LogP contribution in [0.4, 0.5) is 5.82 Å². The zero-order valence-corrected chi connectivity index (χ0v) is 19.0. The fourth-order valence-electron chi connectivity index (χ4n) is 5.21. The predicted molar refractivity (Wildman–Crippen MR) is 126 cm³/mol. The van der Waals surface area contributed by atoms with Crippen molar-refractivity contribution < 1.29 is 19.3 Å². The number of phenolic OH excluding ortho intramolecular Hbond substituents is 1. The van der Waals surface area contributed by atoms with E-state index >= 15 is 0 Å². The molecular formula is C25H27N5O4. The number of nitrogens with one attached hydrogen (secondary N) is 1. The van der Waals surface area contributed by atoms with Crippen LogP contribution in [0.25, 0.3) is 22.4 Å². The summed E-state index contributed by atoms with van der Waals surface area (Å²) < 4.78 is 16.9. The minimum atomic E-state index is 0.126. The number of nitrogens with zero attached hydrogens (tertiary/aromatic N) is 4. The zero-order valence-electron chi connectivity index (χ0n) is 19.0. The van der Waals surface area contributed by atoms with Crippen LogP contribution in [0.15, 0.2) is 42.6 Å². The molecular weight excluding hydrogens is 434 g/mol. The lowest BCUT2D eigenvalue weighted by Crippen LogP contribution is -2.59. The molecule has 2 fully saturated rings. The van der Waals surface area contributed by atoms with Crippen molar-refractivity contribution in [1.29, 1.82) is 0 Å². The van der Waals surface area contributed by atoms with E-state index in [1.807, 2.05) is 30.3 Å². The average molecular weight is 462 g/mol. The molecule has 176 valence electrons. The van der Waals surface area contributed by atoms with Crippen molar-refractivity contribution in [2.75, 3.05) is 38.4 Å². The Morgan fingerprint density at radius 2 is 1.88 bits per heavy atom. The molecule has 34 heavy (non-hydrogen) atoms. The number of benzene rings is 1. The number of hydrogen-bond donors (Lipinski definition) is 2. The summed E-state index contributed by atoms with van der Waals surface area (Å²) in [6, 6.07) is 12.2. The Morgan fingerprint density at radius 1 is 1.06 bits per heavy atom. The van der Waals surface area contributed by atoms with Crippen LogP contribution < -0.4 is 19.7 Å². The number of aromatic hydroxyl groups is 1. The maximum absolute atomic E-state index is 10.8. The lowest BCUT2D eigenvalue weighted by Gasteiger charge is -2.45. The van der Waals surface area contributed by atoms with Gasteiger partial charge in [-0.05, 0) is 42.2 Å². The average Bonchev–Trinajstić information content (AvgIpc) is 2.87. The minimum Gasteiger partial charge on any atom is -0.507 e. The molecule has 2 N–H and O–H groups in total. The smallest absolute Gasteiger partial charge is 0.213 e. The third-order valence-electron chi connectivity index (χ3n) is 6.82. The summed E-state index contributed by atoms with van der Waals surface area (Å²) in [7, 11) is 1.58. The fraction of sp³-hybridized carbons (Fsp3) is 0.400. The molecule has 3 atom stereocenters. The molecule has 1 aromatic carbocycles. The molecule has 0 radical (unpaired) electrons. The van der Waals surface area contributed by atoms with Crippen LogP contribution in [-0.2, 0) is 4.74 Å². The summed E-state index contributed by atoms with van der Waals surface area (Å²) in [6.07, 6.45) is 3.71. The standard InChI is InChI=1S/C25H27N5O4/c1-32-24-9-16(4-5-26-24)15-2-3-20(22(31)8-15)21-12-23-25(29-28-21)30(6-7-34-23)19-10-17-13-33-14-18(11-19)27-17/h2-5,8-9,12,17-19,27,31H,6-7,10-11,13-14H2,1H3/t17-,18+,19?. The number of methoxy groups -OCH3 is 1. The van der Waals surface area contributed by atoms with Crippen LogP contribution in [0.2, 0.25) is 0 Å². The van der Waals surface area contributed by atoms with Crippen LogP contribution >= 0.6 is 0 Å². The molecule has 3 aliphatic rings. The number of piperidine rings is 1. The minimum absolute atomic E-state index is 0.126. The van der Waals surface area contributed by atoms with E-state index in [-0.39, 0.29) is 5.75 Å². The predicted octanol–water partition coefficient (Wildman–Crippen LogP) is 2.64. The number of rotatable bonds is 4. The number of morpholine rings is 1. The molecule has 9 nitrogen and oxygen atoms in total. The molecule has 2 aromatic heterocycles. The number of fused-ring (bicyclic) bond motifs is 3. The third kappa shape index (κ3) is 3.91. The third-order valence-corrected chi connectivity index (χ3v) is 6.82. The molecule has 0 spiro atoms. The Labute approximate surface area is 197 Å². The molecule has 3 aromatic rings. The normalized spacial score (nSPS) is 23.7. The van der Waals surface area contributed by atoms with Crippen molar-refractivity contribution in [3.63, 3.8) is 0 Å². The first kappa shape index (κ1) is 21.1. The monoisotopic (exact) mass is 461 g/mol. The number of ether oxygens (including phenoxy) is 3. The highest BCUT2D eigenvalue weighted by molar-refractivity contribution is 5.75. The molecule has 9 heteroatoms. The van der Waals surface area contributed by atoms with Gasteiger partial charge in [0.2, 0.25) is 5.88 Å². The fourth-order valence-corrected chi connectivity index (χ4v) is 5.21. The molecule has 6 rings (SSSR count). The first-order valence-corrected chi connectivity index (χ1v) is 11.6. The van der Waals surface area contributed by atoms with Gasteiger partial charge in [-0.2, -0.15) is 0 Å². The van der Waals surface area contributed by atoms with Crippen LogP contribution in [0.3, 0.4) is 0 Å². The highest BCUT2D eigenvalue weighted by Gasteiger charge is 2.37.